The quantitative estimate of drug-likeness (QED) is 0.664. The van der Waals surface area contributed by atoms with Crippen molar-refractivity contribution in [2.24, 2.45) is 5.10 Å². The first-order chi connectivity index (χ1) is 10.5. The van der Waals surface area contributed by atoms with Crippen LogP contribution in [0.4, 0.5) is 0 Å². The van der Waals surface area contributed by atoms with Crippen molar-refractivity contribution in [2.75, 3.05) is 0 Å². The van der Waals surface area contributed by atoms with Crippen molar-refractivity contribution < 1.29 is 9.53 Å². The third-order valence-corrected chi connectivity index (χ3v) is 3.22. The van der Waals surface area contributed by atoms with E-state index in [9.17, 15) is 4.79 Å². The van der Waals surface area contributed by atoms with Crippen LogP contribution in [-0.2, 0) is 4.79 Å². The molecule has 4 nitrogen and oxygen atoms in total. The number of rotatable bonds is 5. The third-order valence-electron chi connectivity index (χ3n) is 2.73. The van der Waals surface area contributed by atoms with E-state index in [2.05, 4.69) is 10.5 Å². The van der Waals surface area contributed by atoms with E-state index < -0.39 is 6.10 Å². The Balaban J connectivity index is 1.87. The molecule has 0 aromatic heterocycles. The minimum atomic E-state index is -0.683. The van der Waals surface area contributed by atoms with Crippen LogP contribution in [0.25, 0.3) is 0 Å². The van der Waals surface area contributed by atoms with Gasteiger partial charge in [-0.25, -0.2) is 5.43 Å². The number of hydrogen-bond donors (Lipinski definition) is 1. The Morgan fingerprint density at radius 3 is 2.59 bits per heavy atom. The van der Waals surface area contributed by atoms with E-state index in [0.29, 0.717) is 15.8 Å². The molecule has 114 valence electrons. The molecule has 0 saturated carbocycles. The zero-order valence-corrected chi connectivity index (χ0v) is 13.3. The number of ether oxygens (including phenoxy) is 1. The number of halogens is 2. The van der Waals surface area contributed by atoms with Crippen LogP contribution >= 0.6 is 23.2 Å². The van der Waals surface area contributed by atoms with Crippen LogP contribution in [0, 0.1) is 0 Å². The van der Waals surface area contributed by atoms with Crippen LogP contribution in [0.1, 0.15) is 12.5 Å². The molecule has 1 atom stereocenters. The van der Waals surface area contributed by atoms with Gasteiger partial charge in [-0.15, -0.1) is 0 Å². The summed E-state index contributed by atoms with van der Waals surface area (Å²) >= 11 is 11.6. The Morgan fingerprint density at radius 1 is 1.18 bits per heavy atom. The van der Waals surface area contributed by atoms with Gasteiger partial charge in [0, 0.05) is 10.0 Å². The lowest BCUT2D eigenvalue weighted by molar-refractivity contribution is -0.127. The molecule has 2 aromatic rings. The highest BCUT2D eigenvalue weighted by atomic mass is 35.5. The van der Waals surface area contributed by atoms with Crippen molar-refractivity contribution in [3.8, 4) is 5.75 Å². The molecule has 0 unspecified atom stereocenters. The molecule has 6 heteroatoms. The van der Waals surface area contributed by atoms with Crippen LogP contribution in [0.2, 0.25) is 10.0 Å². The minimum absolute atomic E-state index is 0.353. The monoisotopic (exact) mass is 336 g/mol. The zero-order chi connectivity index (χ0) is 15.9. The van der Waals surface area contributed by atoms with E-state index in [1.165, 1.54) is 6.21 Å². The van der Waals surface area contributed by atoms with E-state index in [-0.39, 0.29) is 5.91 Å². The lowest BCUT2D eigenvalue weighted by atomic mass is 10.2. The van der Waals surface area contributed by atoms with Crippen molar-refractivity contribution in [3.05, 3.63) is 64.1 Å². The Hall–Kier alpha value is -2.04. The van der Waals surface area contributed by atoms with Gasteiger partial charge in [0.2, 0.25) is 0 Å². The van der Waals surface area contributed by atoms with Gasteiger partial charge in [-0.1, -0.05) is 35.3 Å². The molecule has 1 N–H and O–H groups in total. The van der Waals surface area contributed by atoms with E-state index >= 15 is 0 Å². The van der Waals surface area contributed by atoms with E-state index in [0.717, 1.165) is 5.56 Å². The second-order valence-corrected chi connectivity index (χ2v) is 5.38. The predicted molar refractivity (Wildman–Crippen MR) is 88.7 cm³/mol. The number of benzene rings is 2. The normalized spacial score (nSPS) is 12.1. The van der Waals surface area contributed by atoms with Crippen LogP contribution < -0.4 is 10.2 Å². The summed E-state index contributed by atoms with van der Waals surface area (Å²) in [5.41, 5.74) is 3.21. The molecule has 0 spiro atoms. The molecule has 0 radical (unpaired) electrons. The zero-order valence-electron chi connectivity index (χ0n) is 11.8. The Bertz CT molecular complexity index is 672. The van der Waals surface area contributed by atoms with Gasteiger partial charge >= 0.3 is 0 Å². The molecule has 2 rings (SSSR count). The lowest BCUT2D eigenvalue weighted by Crippen LogP contribution is -2.33. The molecule has 0 fully saturated rings. The highest BCUT2D eigenvalue weighted by Crippen LogP contribution is 2.16. The molecule has 0 aliphatic carbocycles. The van der Waals surface area contributed by atoms with E-state index in [1.807, 2.05) is 6.07 Å². The molecule has 0 bridgehead atoms. The summed E-state index contributed by atoms with van der Waals surface area (Å²) in [7, 11) is 0. The molecule has 0 aliphatic rings. The summed E-state index contributed by atoms with van der Waals surface area (Å²) in [5.74, 6) is 0.207. The fourth-order valence-corrected chi connectivity index (χ4v) is 1.94. The molecular formula is C16H14Cl2N2O2. The smallest absolute Gasteiger partial charge is 0.280 e. The third kappa shape index (κ3) is 5.06. The van der Waals surface area contributed by atoms with Crippen LogP contribution in [0.15, 0.2) is 53.6 Å². The van der Waals surface area contributed by atoms with Crippen molar-refractivity contribution in [1.82, 2.24) is 5.43 Å². The summed E-state index contributed by atoms with van der Waals surface area (Å²) in [6.45, 7) is 1.64. The van der Waals surface area contributed by atoms with Gasteiger partial charge in [0.05, 0.1) is 6.21 Å². The first kappa shape index (κ1) is 16.3. The van der Waals surface area contributed by atoms with Gasteiger partial charge in [0.25, 0.3) is 5.91 Å². The largest absolute Gasteiger partial charge is 0.481 e. The molecule has 22 heavy (non-hydrogen) atoms. The van der Waals surface area contributed by atoms with Gasteiger partial charge in [0.1, 0.15) is 5.75 Å². The van der Waals surface area contributed by atoms with Crippen molar-refractivity contribution >= 4 is 35.3 Å². The van der Waals surface area contributed by atoms with E-state index in [1.54, 1.807) is 49.4 Å². The number of nitrogens with zero attached hydrogens (tertiary/aromatic N) is 1. The first-order valence-corrected chi connectivity index (χ1v) is 7.31. The second kappa shape index (κ2) is 7.82. The summed E-state index contributed by atoms with van der Waals surface area (Å²) in [6, 6.07) is 13.9. The molecule has 2 aromatic carbocycles. The minimum Gasteiger partial charge on any atom is -0.481 e. The van der Waals surface area contributed by atoms with Gasteiger partial charge in [-0.3, -0.25) is 4.79 Å². The molecular weight excluding hydrogens is 323 g/mol. The average molecular weight is 337 g/mol. The SMILES string of the molecule is C[C@H](Oc1ccc(Cl)cc1)C(=O)N/N=C\c1cccc(Cl)c1. The average Bonchev–Trinajstić information content (AvgIpc) is 2.49. The van der Waals surface area contributed by atoms with Crippen molar-refractivity contribution in [3.63, 3.8) is 0 Å². The summed E-state index contributed by atoms with van der Waals surface area (Å²) in [4.78, 5) is 11.9. The maximum atomic E-state index is 11.9. The highest BCUT2D eigenvalue weighted by Gasteiger charge is 2.13. The number of amides is 1. The van der Waals surface area contributed by atoms with Gasteiger partial charge in [-0.05, 0) is 48.9 Å². The van der Waals surface area contributed by atoms with Crippen molar-refractivity contribution in [1.29, 1.82) is 0 Å². The van der Waals surface area contributed by atoms with Gasteiger partial charge < -0.3 is 4.74 Å². The van der Waals surface area contributed by atoms with Crippen LogP contribution in [0.3, 0.4) is 0 Å². The molecule has 1 amide bonds. The number of hydrogen-bond acceptors (Lipinski definition) is 3. The number of carbonyl (C=O) groups is 1. The lowest BCUT2D eigenvalue weighted by Gasteiger charge is -2.12. The maximum absolute atomic E-state index is 11.9. The maximum Gasteiger partial charge on any atom is 0.280 e. The summed E-state index contributed by atoms with van der Waals surface area (Å²) < 4.78 is 5.49. The van der Waals surface area contributed by atoms with E-state index in [4.69, 9.17) is 27.9 Å². The van der Waals surface area contributed by atoms with Gasteiger partial charge in [0.15, 0.2) is 6.10 Å². The summed E-state index contributed by atoms with van der Waals surface area (Å²) in [5, 5.41) is 5.09. The van der Waals surface area contributed by atoms with Crippen LogP contribution in [-0.4, -0.2) is 18.2 Å². The van der Waals surface area contributed by atoms with Crippen molar-refractivity contribution in [2.45, 2.75) is 13.0 Å². The van der Waals surface area contributed by atoms with Gasteiger partial charge in [-0.2, -0.15) is 5.10 Å². The Morgan fingerprint density at radius 2 is 1.91 bits per heavy atom. The predicted octanol–water partition coefficient (Wildman–Crippen LogP) is 3.91. The second-order valence-electron chi connectivity index (χ2n) is 4.50. The number of nitrogens with one attached hydrogen (secondary N) is 1. The fraction of sp³-hybridized carbons (Fsp3) is 0.125. The van der Waals surface area contributed by atoms with Crippen LogP contribution in [0.5, 0.6) is 5.75 Å². The highest BCUT2D eigenvalue weighted by molar-refractivity contribution is 6.31. The number of hydrazone groups is 1. The summed E-state index contributed by atoms with van der Waals surface area (Å²) in [6.07, 6.45) is 0.830. The standard InChI is InChI=1S/C16H14Cl2N2O2/c1-11(22-15-7-5-13(17)6-8-15)16(21)20-19-10-12-3-2-4-14(18)9-12/h2-11H,1H3,(H,20,21)/b19-10-/t11-/m0/s1. The molecule has 0 heterocycles. The Labute approximate surface area is 138 Å². The molecule has 0 aliphatic heterocycles. The molecule has 0 saturated heterocycles. The Kier molecular flexibility index (Phi) is 5.81. The topological polar surface area (TPSA) is 50.7 Å². The first-order valence-electron chi connectivity index (χ1n) is 6.55. The fourth-order valence-electron chi connectivity index (χ4n) is 1.62. The number of carbonyl (C=O) groups excluding carboxylic acids is 1.